The highest BCUT2D eigenvalue weighted by Gasteiger charge is 2.13. The second kappa shape index (κ2) is 7.06. The first kappa shape index (κ1) is 13.7. The van der Waals surface area contributed by atoms with Crippen LogP contribution in [0.5, 0.6) is 5.88 Å². The molecule has 1 atom stereocenters. The van der Waals surface area contributed by atoms with Gasteiger partial charge in [-0.05, 0) is 25.8 Å². The Morgan fingerprint density at radius 1 is 1.41 bits per heavy atom. The summed E-state index contributed by atoms with van der Waals surface area (Å²) in [6.07, 6.45) is 2.43. The number of rotatable bonds is 7. The first-order valence-corrected chi connectivity index (χ1v) is 6.08. The van der Waals surface area contributed by atoms with Crippen LogP contribution in [0.25, 0.3) is 0 Å². The maximum absolute atomic E-state index is 5.60. The van der Waals surface area contributed by atoms with Crippen LogP contribution in [-0.2, 0) is 0 Å². The van der Waals surface area contributed by atoms with Crippen LogP contribution in [0.3, 0.4) is 0 Å². The largest absolute Gasteiger partial charge is 0.478 e. The molecule has 17 heavy (non-hydrogen) atoms. The second-order valence-corrected chi connectivity index (χ2v) is 4.25. The van der Waals surface area contributed by atoms with Gasteiger partial charge in [0.25, 0.3) is 0 Å². The summed E-state index contributed by atoms with van der Waals surface area (Å²) in [5, 5.41) is 3.37. The van der Waals surface area contributed by atoms with E-state index in [4.69, 9.17) is 10.5 Å². The topological polar surface area (TPSA) is 73.1 Å². The number of nitrogens with one attached hydrogen (secondary N) is 1. The predicted octanol–water partition coefficient (Wildman–Crippen LogP) is 1.66. The molecule has 1 aromatic heterocycles. The Morgan fingerprint density at radius 3 is 2.76 bits per heavy atom. The first-order chi connectivity index (χ1) is 8.17. The van der Waals surface area contributed by atoms with E-state index in [1.165, 1.54) is 6.33 Å². The molecule has 0 saturated heterocycles. The average molecular weight is 238 g/mol. The summed E-state index contributed by atoms with van der Waals surface area (Å²) < 4.78 is 5.33. The number of nitrogens with zero attached hydrogens (tertiary/aromatic N) is 2. The summed E-state index contributed by atoms with van der Waals surface area (Å²) in [4.78, 5) is 8.21. The van der Waals surface area contributed by atoms with Gasteiger partial charge in [-0.2, -0.15) is 0 Å². The van der Waals surface area contributed by atoms with Crippen molar-refractivity contribution in [2.45, 2.75) is 33.2 Å². The molecule has 1 aromatic rings. The van der Waals surface area contributed by atoms with Crippen LogP contribution in [0.1, 0.15) is 27.2 Å². The fraction of sp³-hybridized carbons (Fsp3) is 0.667. The van der Waals surface area contributed by atoms with Gasteiger partial charge < -0.3 is 15.8 Å². The van der Waals surface area contributed by atoms with Gasteiger partial charge in [0.05, 0.1) is 6.61 Å². The lowest BCUT2D eigenvalue weighted by molar-refractivity contribution is 0.326. The Bertz CT molecular complexity index is 330. The van der Waals surface area contributed by atoms with Crippen molar-refractivity contribution in [3.63, 3.8) is 0 Å². The third-order valence-corrected chi connectivity index (χ3v) is 2.55. The number of hydrogen-bond donors (Lipinski definition) is 2. The molecule has 0 aliphatic heterocycles. The van der Waals surface area contributed by atoms with Gasteiger partial charge in [-0.15, -0.1) is 0 Å². The number of aromatic nitrogens is 2. The predicted molar refractivity (Wildman–Crippen MR) is 69.1 cm³/mol. The van der Waals surface area contributed by atoms with E-state index >= 15 is 0 Å². The van der Waals surface area contributed by atoms with Crippen molar-refractivity contribution >= 4 is 5.82 Å². The Morgan fingerprint density at radius 2 is 2.18 bits per heavy atom. The lowest BCUT2D eigenvalue weighted by Crippen LogP contribution is -2.28. The minimum Gasteiger partial charge on any atom is -0.478 e. The van der Waals surface area contributed by atoms with Crippen molar-refractivity contribution in [1.29, 1.82) is 0 Å². The van der Waals surface area contributed by atoms with Crippen LogP contribution in [0.4, 0.5) is 5.82 Å². The molecule has 5 heteroatoms. The normalized spacial score (nSPS) is 12.5. The summed E-state index contributed by atoms with van der Waals surface area (Å²) in [6.45, 7) is 7.53. The quantitative estimate of drug-likeness (QED) is 0.755. The van der Waals surface area contributed by atoms with E-state index in [1.807, 2.05) is 13.0 Å². The number of hydrogen-bond acceptors (Lipinski definition) is 5. The standard InChI is InChI=1S/C12H22N4O/c1-4-17-12-7-11(14-8-15-12)16-10(5-6-13)9(2)3/h7-10H,4-6,13H2,1-3H3,(H,14,15,16). The fourth-order valence-corrected chi connectivity index (χ4v) is 1.59. The SMILES string of the molecule is CCOc1cc(NC(CCN)C(C)C)ncn1. The lowest BCUT2D eigenvalue weighted by Gasteiger charge is -2.22. The molecule has 0 spiro atoms. The second-order valence-electron chi connectivity index (χ2n) is 4.25. The molecule has 0 amide bonds. The maximum atomic E-state index is 5.60. The van der Waals surface area contributed by atoms with Crippen molar-refractivity contribution in [1.82, 2.24) is 9.97 Å². The van der Waals surface area contributed by atoms with E-state index in [0.717, 1.165) is 12.2 Å². The molecule has 0 saturated carbocycles. The molecule has 5 nitrogen and oxygen atoms in total. The number of anilines is 1. The van der Waals surface area contributed by atoms with Gasteiger partial charge in [0.15, 0.2) is 0 Å². The Balaban J connectivity index is 2.68. The third-order valence-electron chi connectivity index (χ3n) is 2.55. The van der Waals surface area contributed by atoms with Gasteiger partial charge in [-0.3, -0.25) is 0 Å². The zero-order chi connectivity index (χ0) is 12.7. The molecule has 1 heterocycles. The fourth-order valence-electron chi connectivity index (χ4n) is 1.59. The molecule has 3 N–H and O–H groups in total. The first-order valence-electron chi connectivity index (χ1n) is 6.08. The highest BCUT2D eigenvalue weighted by molar-refractivity contribution is 5.38. The van der Waals surface area contributed by atoms with Gasteiger partial charge in [0.1, 0.15) is 12.1 Å². The Hall–Kier alpha value is -1.36. The highest BCUT2D eigenvalue weighted by atomic mass is 16.5. The van der Waals surface area contributed by atoms with E-state index in [1.54, 1.807) is 0 Å². The van der Waals surface area contributed by atoms with Crippen LogP contribution < -0.4 is 15.8 Å². The molecular formula is C12H22N4O. The monoisotopic (exact) mass is 238 g/mol. The van der Waals surface area contributed by atoms with E-state index in [9.17, 15) is 0 Å². The van der Waals surface area contributed by atoms with Gasteiger partial charge in [-0.1, -0.05) is 13.8 Å². The van der Waals surface area contributed by atoms with Gasteiger partial charge >= 0.3 is 0 Å². The maximum Gasteiger partial charge on any atom is 0.218 e. The van der Waals surface area contributed by atoms with Crippen LogP contribution in [0.2, 0.25) is 0 Å². The summed E-state index contributed by atoms with van der Waals surface area (Å²) in [7, 11) is 0. The van der Waals surface area contributed by atoms with Crippen LogP contribution in [-0.4, -0.2) is 29.2 Å². The number of ether oxygens (including phenoxy) is 1. The van der Waals surface area contributed by atoms with E-state index in [0.29, 0.717) is 31.0 Å². The van der Waals surface area contributed by atoms with Crippen molar-refractivity contribution < 1.29 is 4.74 Å². The van der Waals surface area contributed by atoms with Crippen LogP contribution in [0.15, 0.2) is 12.4 Å². The summed E-state index contributed by atoms with van der Waals surface area (Å²) in [5.74, 6) is 1.89. The third kappa shape index (κ3) is 4.56. The van der Waals surface area contributed by atoms with E-state index < -0.39 is 0 Å². The molecule has 0 aliphatic carbocycles. The molecule has 0 radical (unpaired) electrons. The minimum absolute atomic E-state index is 0.323. The van der Waals surface area contributed by atoms with Gasteiger partial charge in [-0.25, -0.2) is 9.97 Å². The molecule has 0 bridgehead atoms. The molecule has 96 valence electrons. The molecule has 0 aliphatic rings. The summed E-state index contributed by atoms with van der Waals surface area (Å²) in [6, 6.07) is 2.14. The molecule has 1 unspecified atom stereocenters. The zero-order valence-electron chi connectivity index (χ0n) is 10.8. The Kier molecular flexibility index (Phi) is 5.69. The smallest absolute Gasteiger partial charge is 0.218 e. The van der Waals surface area contributed by atoms with E-state index in [2.05, 4.69) is 29.1 Å². The molecule has 0 aromatic carbocycles. The molecule has 0 fully saturated rings. The summed E-state index contributed by atoms with van der Waals surface area (Å²) >= 11 is 0. The van der Waals surface area contributed by atoms with Crippen LogP contribution in [0, 0.1) is 5.92 Å². The van der Waals surface area contributed by atoms with Crippen molar-refractivity contribution in [3.8, 4) is 5.88 Å². The highest BCUT2D eigenvalue weighted by Crippen LogP contribution is 2.16. The van der Waals surface area contributed by atoms with Crippen molar-refractivity contribution in [2.75, 3.05) is 18.5 Å². The van der Waals surface area contributed by atoms with Gasteiger partial charge in [0.2, 0.25) is 5.88 Å². The Labute approximate surface area is 103 Å². The summed E-state index contributed by atoms with van der Waals surface area (Å²) in [5.41, 5.74) is 5.60. The lowest BCUT2D eigenvalue weighted by atomic mass is 10.0. The minimum atomic E-state index is 0.323. The van der Waals surface area contributed by atoms with Crippen molar-refractivity contribution in [2.24, 2.45) is 11.7 Å². The van der Waals surface area contributed by atoms with Crippen LogP contribution >= 0.6 is 0 Å². The number of nitrogens with two attached hydrogens (primary N) is 1. The van der Waals surface area contributed by atoms with Gasteiger partial charge in [0, 0.05) is 12.1 Å². The zero-order valence-corrected chi connectivity index (χ0v) is 10.8. The molecule has 1 rings (SSSR count). The van der Waals surface area contributed by atoms with Crippen molar-refractivity contribution in [3.05, 3.63) is 12.4 Å². The molecular weight excluding hydrogens is 216 g/mol. The average Bonchev–Trinajstić information content (AvgIpc) is 2.29. The van der Waals surface area contributed by atoms with E-state index in [-0.39, 0.29) is 0 Å².